The highest BCUT2D eigenvalue weighted by Gasteiger charge is 2.20. The smallest absolute Gasteiger partial charge is 0.270 e. The summed E-state index contributed by atoms with van der Waals surface area (Å²) in [5.41, 5.74) is 2.44. The lowest BCUT2D eigenvalue weighted by Gasteiger charge is -2.26. The van der Waals surface area contributed by atoms with Crippen LogP contribution in [0.1, 0.15) is 10.5 Å². The van der Waals surface area contributed by atoms with Gasteiger partial charge in [-0.25, -0.2) is 0 Å². The van der Waals surface area contributed by atoms with Crippen molar-refractivity contribution in [2.24, 2.45) is 0 Å². The second kappa shape index (κ2) is 4.86. The number of hydrogen-bond acceptors (Lipinski definition) is 3. The van der Waals surface area contributed by atoms with Gasteiger partial charge in [0, 0.05) is 30.1 Å². The number of benzene rings is 1. The largest absolute Gasteiger partial charge is 0.378 e. The first-order valence-electron chi connectivity index (χ1n) is 7.06. The van der Waals surface area contributed by atoms with Crippen molar-refractivity contribution in [3.8, 4) is 0 Å². The van der Waals surface area contributed by atoms with Crippen LogP contribution < -0.4 is 0 Å². The minimum Gasteiger partial charge on any atom is -0.378 e. The van der Waals surface area contributed by atoms with Gasteiger partial charge in [0.25, 0.3) is 5.91 Å². The van der Waals surface area contributed by atoms with E-state index in [1.807, 2.05) is 35.2 Å². The highest BCUT2D eigenvalue weighted by Crippen LogP contribution is 2.24. The number of hydrogen-bond donors (Lipinski definition) is 1. The number of aromatic nitrogens is 2. The van der Waals surface area contributed by atoms with E-state index >= 15 is 0 Å². The van der Waals surface area contributed by atoms with Crippen molar-refractivity contribution in [3.05, 3.63) is 42.2 Å². The number of carbonyl (C=O) groups is 1. The van der Waals surface area contributed by atoms with Gasteiger partial charge < -0.3 is 14.6 Å². The second-order valence-electron chi connectivity index (χ2n) is 5.19. The topological polar surface area (TPSA) is 58.2 Å². The van der Waals surface area contributed by atoms with Crippen molar-refractivity contribution in [3.63, 3.8) is 0 Å². The zero-order valence-corrected chi connectivity index (χ0v) is 11.5. The normalized spacial score (nSPS) is 15.7. The molecule has 0 unspecified atom stereocenters. The zero-order chi connectivity index (χ0) is 14.2. The summed E-state index contributed by atoms with van der Waals surface area (Å²) in [6.45, 7) is 2.51. The molecule has 21 heavy (non-hydrogen) atoms. The molecule has 106 valence electrons. The fourth-order valence-corrected chi connectivity index (χ4v) is 2.79. The van der Waals surface area contributed by atoms with E-state index in [1.165, 1.54) is 0 Å². The molecular weight excluding hydrogens is 266 g/mol. The summed E-state index contributed by atoms with van der Waals surface area (Å²) >= 11 is 0. The van der Waals surface area contributed by atoms with E-state index in [9.17, 15) is 4.79 Å². The third kappa shape index (κ3) is 2.06. The lowest BCUT2D eigenvalue weighted by molar-refractivity contribution is 0.0299. The molecule has 1 saturated heterocycles. The van der Waals surface area contributed by atoms with E-state index in [4.69, 9.17) is 4.74 Å². The summed E-state index contributed by atoms with van der Waals surface area (Å²) in [7, 11) is 0. The van der Waals surface area contributed by atoms with E-state index in [0.717, 1.165) is 21.8 Å². The summed E-state index contributed by atoms with van der Waals surface area (Å²) in [4.78, 5) is 22.0. The third-order valence-corrected chi connectivity index (χ3v) is 3.90. The van der Waals surface area contributed by atoms with Gasteiger partial charge in [0.1, 0.15) is 5.69 Å². The Balaban J connectivity index is 1.79. The average Bonchev–Trinajstić information content (AvgIpc) is 2.99. The Hall–Kier alpha value is -2.40. The SMILES string of the molecule is O=C(c1cc2ccc3cccnc3c2[nH]1)N1CCOCC1. The molecule has 1 amide bonds. The number of pyridine rings is 1. The number of morpholine rings is 1. The van der Waals surface area contributed by atoms with Crippen LogP contribution in [0.15, 0.2) is 36.5 Å². The van der Waals surface area contributed by atoms with Crippen LogP contribution in [0.2, 0.25) is 0 Å². The summed E-state index contributed by atoms with van der Waals surface area (Å²) in [5, 5.41) is 2.08. The maximum atomic E-state index is 12.5. The number of amides is 1. The fourth-order valence-electron chi connectivity index (χ4n) is 2.79. The Morgan fingerprint density at radius 1 is 1.19 bits per heavy atom. The van der Waals surface area contributed by atoms with Gasteiger partial charge in [0.15, 0.2) is 0 Å². The molecule has 0 radical (unpaired) electrons. The first kappa shape index (κ1) is 12.3. The standard InChI is InChI=1S/C16H15N3O2/c20-16(19-6-8-21-9-7-19)13-10-12-4-3-11-2-1-5-17-14(11)15(12)18-13/h1-5,10,18H,6-9H2. The van der Waals surface area contributed by atoms with Gasteiger partial charge in [-0.1, -0.05) is 18.2 Å². The average molecular weight is 281 g/mol. The number of nitrogens with zero attached hydrogens (tertiary/aromatic N) is 2. The van der Waals surface area contributed by atoms with Gasteiger partial charge in [-0.3, -0.25) is 9.78 Å². The van der Waals surface area contributed by atoms with Gasteiger partial charge in [-0.2, -0.15) is 0 Å². The molecule has 0 aliphatic carbocycles. The molecular formula is C16H15N3O2. The Morgan fingerprint density at radius 3 is 2.86 bits per heavy atom. The molecule has 1 aromatic carbocycles. The first-order chi connectivity index (χ1) is 10.3. The van der Waals surface area contributed by atoms with Gasteiger partial charge in [-0.05, 0) is 12.1 Å². The highest BCUT2D eigenvalue weighted by molar-refractivity contribution is 6.07. The Bertz CT molecular complexity index is 819. The lowest BCUT2D eigenvalue weighted by Crippen LogP contribution is -2.40. The predicted octanol–water partition coefficient (Wildman–Crippen LogP) is 2.19. The summed E-state index contributed by atoms with van der Waals surface area (Å²) < 4.78 is 5.29. The van der Waals surface area contributed by atoms with Crippen LogP contribution >= 0.6 is 0 Å². The van der Waals surface area contributed by atoms with Gasteiger partial charge >= 0.3 is 0 Å². The maximum absolute atomic E-state index is 12.5. The molecule has 1 N–H and O–H groups in total. The van der Waals surface area contributed by atoms with Crippen molar-refractivity contribution >= 4 is 27.7 Å². The highest BCUT2D eigenvalue weighted by atomic mass is 16.5. The third-order valence-electron chi connectivity index (χ3n) is 3.90. The number of H-pyrrole nitrogens is 1. The van der Waals surface area contributed by atoms with Crippen LogP contribution in [0.25, 0.3) is 21.8 Å². The summed E-state index contributed by atoms with van der Waals surface area (Å²) in [6.07, 6.45) is 1.77. The zero-order valence-electron chi connectivity index (χ0n) is 11.5. The molecule has 0 saturated carbocycles. The molecule has 0 spiro atoms. The molecule has 0 bridgehead atoms. The predicted molar refractivity (Wildman–Crippen MR) is 80.3 cm³/mol. The molecule has 5 nitrogen and oxygen atoms in total. The van der Waals surface area contributed by atoms with E-state index in [1.54, 1.807) is 6.20 Å². The minimum absolute atomic E-state index is 0.0265. The lowest BCUT2D eigenvalue weighted by atomic mass is 10.1. The molecule has 3 aromatic rings. The van der Waals surface area contributed by atoms with E-state index in [-0.39, 0.29) is 5.91 Å². The monoisotopic (exact) mass is 281 g/mol. The van der Waals surface area contributed by atoms with Crippen LogP contribution in [0.3, 0.4) is 0 Å². The van der Waals surface area contributed by atoms with E-state index in [2.05, 4.69) is 9.97 Å². The van der Waals surface area contributed by atoms with Crippen molar-refractivity contribution in [1.82, 2.24) is 14.9 Å². The van der Waals surface area contributed by atoms with Gasteiger partial charge in [0.05, 0.1) is 24.2 Å². The number of fused-ring (bicyclic) bond motifs is 3. The molecule has 0 atom stereocenters. The van der Waals surface area contributed by atoms with Gasteiger partial charge in [0.2, 0.25) is 0 Å². The number of rotatable bonds is 1. The number of carbonyl (C=O) groups excluding carboxylic acids is 1. The Morgan fingerprint density at radius 2 is 2.00 bits per heavy atom. The first-order valence-corrected chi connectivity index (χ1v) is 7.06. The second-order valence-corrected chi connectivity index (χ2v) is 5.19. The molecule has 5 heteroatoms. The molecule has 1 aliphatic rings. The molecule has 4 rings (SSSR count). The molecule has 2 aromatic heterocycles. The van der Waals surface area contributed by atoms with Crippen LogP contribution in [-0.2, 0) is 4.74 Å². The van der Waals surface area contributed by atoms with Crippen molar-refractivity contribution in [2.75, 3.05) is 26.3 Å². The molecule has 3 heterocycles. The van der Waals surface area contributed by atoms with Crippen LogP contribution in [0, 0.1) is 0 Å². The minimum atomic E-state index is 0.0265. The van der Waals surface area contributed by atoms with Crippen molar-refractivity contribution in [2.45, 2.75) is 0 Å². The number of ether oxygens (including phenoxy) is 1. The summed E-state index contributed by atoms with van der Waals surface area (Å²) in [6, 6.07) is 9.89. The van der Waals surface area contributed by atoms with Crippen LogP contribution in [0.5, 0.6) is 0 Å². The summed E-state index contributed by atoms with van der Waals surface area (Å²) in [5.74, 6) is 0.0265. The van der Waals surface area contributed by atoms with Crippen molar-refractivity contribution < 1.29 is 9.53 Å². The number of nitrogens with one attached hydrogen (secondary N) is 1. The molecule has 1 fully saturated rings. The quantitative estimate of drug-likeness (QED) is 0.744. The van der Waals surface area contributed by atoms with Crippen molar-refractivity contribution in [1.29, 1.82) is 0 Å². The Kier molecular flexibility index (Phi) is 2.86. The van der Waals surface area contributed by atoms with Crippen LogP contribution in [-0.4, -0.2) is 47.1 Å². The van der Waals surface area contributed by atoms with E-state index < -0.39 is 0 Å². The van der Waals surface area contributed by atoms with Gasteiger partial charge in [-0.15, -0.1) is 0 Å². The number of aromatic amines is 1. The van der Waals surface area contributed by atoms with Crippen LogP contribution in [0.4, 0.5) is 0 Å². The van der Waals surface area contributed by atoms with E-state index in [0.29, 0.717) is 32.0 Å². The fraction of sp³-hybridized carbons (Fsp3) is 0.250. The molecule has 1 aliphatic heterocycles. The maximum Gasteiger partial charge on any atom is 0.270 e. The Labute approximate surface area is 121 Å².